The number of aromatic nitrogens is 1. The van der Waals surface area contributed by atoms with Gasteiger partial charge >= 0.3 is 18.1 Å². The van der Waals surface area contributed by atoms with Crippen LogP contribution in [0.15, 0.2) is 35.3 Å². The molecule has 0 bridgehead atoms. The molecular weight excluding hydrogens is 494 g/mol. The van der Waals surface area contributed by atoms with Gasteiger partial charge in [-0.15, -0.1) is 0 Å². The van der Waals surface area contributed by atoms with E-state index in [0.29, 0.717) is 12.8 Å². The van der Waals surface area contributed by atoms with Gasteiger partial charge in [0, 0.05) is 18.3 Å². The maximum Gasteiger partial charge on any atom is 0.471 e. The SMILES string of the molecule is COc1c(-c2ccc(NC(=O)C(F)(F)F)c([N+](=O)[O-])c2)c(F)cc2c(=O)c(C(=O)O)cn(C3CC3)c12. The topological polar surface area (TPSA) is 141 Å². The summed E-state index contributed by atoms with van der Waals surface area (Å²) in [5, 5.41) is 22.1. The number of aromatic carboxylic acids is 1. The van der Waals surface area contributed by atoms with Crippen molar-refractivity contribution in [1.82, 2.24) is 4.57 Å². The van der Waals surface area contributed by atoms with Crippen LogP contribution in [0, 0.1) is 15.9 Å². The Morgan fingerprint density at radius 3 is 2.44 bits per heavy atom. The average molecular weight is 509 g/mol. The van der Waals surface area contributed by atoms with Crippen LogP contribution in [-0.4, -0.2) is 39.8 Å². The lowest BCUT2D eigenvalue weighted by atomic mass is 9.98. The molecule has 36 heavy (non-hydrogen) atoms. The van der Waals surface area contributed by atoms with Crippen LogP contribution >= 0.6 is 0 Å². The van der Waals surface area contributed by atoms with Crippen molar-refractivity contribution in [3.8, 4) is 16.9 Å². The number of carboxylic acids is 1. The molecule has 1 aliphatic rings. The molecule has 1 fully saturated rings. The molecule has 0 atom stereocenters. The fourth-order valence-corrected chi connectivity index (χ4v) is 3.85. The summed E-state index contributed by atoms with van der Waals surface area (Å²) in [5.41, 5.74) is -3.75. The first-order chi connectivity index (χ1) is 16.8. The van der Waals surface area contributed by atoms with Crippen LogP contribution in [0.3, 0.4) is 0 Å². The minimum absolute atomic E-state index is 0.0588. The molecule has 4 rings (SSSR count). The summed E-state index contributed by atoms with van der Waals surface area (Å²) < 4.78 is 60.0. The van der Waals surface area contributed by atoms with Gasteiger partial charge in [-0.1, -0.05) is 6.07 Å². The summed E-state index contributed by atoms with van der Waals surface area (Å²) in [6.07, 6.45) is -2.90. The number of carbonyl (C=O) groups excluding carboxylic acids is 1. The van der Waals surface area contributed by atoms with E-state index in [0.717, 1.165) is 37.6 Å². The molecule has 10 nitrogen and oxygen atoms in total. The summed E-state index contributed by atoms with van der Waals surface area (Å²) in [6.45, 7) is 0. The molecule has 0 aliphatic heterocycles. The molecule has 1 amide bonds. The van der Waals surface area contributed by atoms with E-state index in [2.05, 4.69) is 0 Å². The van der Waals surface area contributed by atoms with Crippen LogP contribution in [0.2, 0.25) is 0 Å². The monoisotopic (exact) mass is 509 g/mol. The Labute approximate surface area is 197 Å². The van der Waals surface area contributed by atoms with Crippen LogP contribution < -0.4 is 15.5 Å². The number of ether oxygens (including phenoxy) is 1. The zero-order chi connectivity index (χ0) is 26.5. The molecule has 1 saturated carbocycles. The van der Waals surface area contributed by atoms with Crippen molar-refractivity contribution < 1.29 is 41.9 Å². The highest BCUT2D eigenvalue weighted by Crippen LogP contribution is 2.44. The normalized spacial score (nSPS) is 13.5. The molecule has 2 aromatic carbocycles. The number of hydrogen-bond acceptors (Lipinski definition) is 6. The number of methoxy groups -OCH3 is 1. The molecule has 1 heterocycles. The van der Waals surface area contributed by atoms with Gasteiger partial charge in [-0.25, -0.2) is 9.18 Å². The molecule has 0 spiro atoms. The van der Waals surface area contributed by atoms with Crippen molar-refractivity contribution in [3.05, 3.63) is 62.2 Å². The second-order valence-electron chi connectivity index (χ2n) is 7.92. The van der Waals surface area contributed by atoms with Gasteiger partial charge in [0.2, 0.25) is 5.43 Å². The number of nitro benzene ring substituents is 1. The van der Waals surface area contributed by atoms with Gasteiger partial charge in [0.1, 0.15) is 17.1 Å². The van der Waals surface area contributed by atoms with Crippen LogP contribution in [-0.2, 0) is 4.79 Å². The third-order valence-electron chi connectivity index (χ3n) is 5.59. The Bertz CT molecular complexity index is 1510. The number of nitro groups is 1. The average Bonchev–Trinajstić information content (AvgIpc) is 3.63. The molecule has 1 aliphatic carbocycles. The van der Waals surface area contributed by atoms with Crippen molar-refractivity contribution >= 4 is 34.2 Å². The van der Waals surface area contributed by atoms with Crippen LogP contribution in [0.1, 0.15) is 29.2 Å². The number of carbonyl (C=O) groups is 2. The Balaban J connectivity index is 1.98. The molecular formula is C22H15F4N3O7. The van der Waals surface area contributed by atoms with Crippen molar-refractivity contribution in [3.63, 3.8) is 0 Å². The molecule has 3 aromatic rings. The van der Waals surface area contributed by atoms with E-state index in [-0.39, 0.29) is 33.8 Å². The fraction of sp³-hybridized carbons (Fsp3) is 0.227. The zero-order valence-corrected chi connectivity index (χ0v) is 18.2. The maximum atomic E-state index is 15.3. The van der Waals surface area contributed by atoms with Gasteiger partial charge in [-0.2, -0.15) is 13.2 Å². The Morgan fingerprint density at radius 2 is 1.92 bits per heavy atom. The zero-order valence-electron chi connectivity index (χ0n) is 18.2. The summed E-state index contributed by atoms with van der Waals surface area (Å²) in [6, 6.07) is 3.18. The largest absolute Gasteiger partial charge is 0.494 e. The predicted molar refractivity (Wildman–Crippen MR) is 117 cm³/mol. The number of fused-ring (bicyclic) bond motifs is 1. The number of carboxylic acid groups (broad SMARTS) is 1. The second kappa shape index (κ2) is 8.62. The Morgan fingerprint density at radius 1 is 1.25 bits per heavy atom. The minimum Gasteiger partial charge on any atom is -0.494 e. The van der Waals surface area contributed by atoms with E-state index in [9.17, 15) is 42.8 Å². The Kier molecular flexibility index (Phi) is 5.90. The molecule has 0 radical (unpaired) electrons. The molecule has 14 heteroatoms. The van der Waals surface area contributed by atoms with E-state index in [1.165, 1.54) is 9.88 Å². The highest BCUT2D eigenvalue weighted by atomic mass is 19.4. The van der Waals surface area contributed by atoms with Crippen molar-refractivity contribution in [2.45, 2.75) is 25.1 Å². The molecule has 0 saturated heterocycles. The summed E-state index contributed by atoms with van der Waals surface area (Å²) in [7, 11) is 1.15. The van der Waals surface area contributed by atoms with Gasteiger partial charge in [-0.05, 0) is 30.5 Å². The third kappa shape index (κ3) is 4.21. The number of nitrogens with zero attached hydrogens (tertiary/aromatic N) is 2. The lowest BCUT2D eigenvalue weighted by Gasteiger charge is -2.18. The lowest BCUT2D eigenvalue weighted by Crippen LogP contribution is -2.30. The van der Waals surface area contributed by atoms with Crippen molar-refractivity contribution in [1.29, 1.82) is 0 Å². The van der Waals surface area contributed by atoms with Crippen LogP contribution in [0.4, 0.5) is 28.9 Å². The molecule has 0 unspecified atom stereocenters. The lowest BCUT2D eigenvalue weighted by molar-refractivity contribution is -0.383. The van der Waals surface area contributed by atoms with Gasteiger partial charge in [0.05, 0.1) is 28.5 Å². The first kappa shape index (κ1) is 24.6. The number of rotatable bonds is 6. The molecule has 2 N–H and O–H groups in total. The smallest absolute Gasteiger partial charge is 0.471 e. The summed E-state index contributed by atoms with van der Waals surface area (Å²) in [5.74, 6) is -5.27. The van der Waals surface area contributed by atoms with Gasteiger partial charge < -0.3 is 19.7 Å². The third-order valence-corrected chi connectivity index (χ3v) is 5.59. The van der Waals surface area contributed by atoms with Crippen molar-refractivity contribution in [2.75, 3.05) is 12.4 Å². The number of pyridine rings is 1. The Hall–Kier alpha value is -4.49. The van der Waals surface area contributed by atoms with Crippen molar-refractivity contribution in [2.24, 2.45) is 0 Å². The first-order valence-corrected chi connectivity index (χ1v) is 10.2. The van der Waals surface area contributed by atoms with E-state index in [1.54, 1.807) is 0 Å². The van der Waals surface area contributed by atoms with Gasteiger partial charge in [0.15, 0.2) is 5.75 Å². The highest BCUT2D eigenvalue weighted by Gasteiger charge is 2.40. The number of benzene rings is 2. The quantitative estimate of drug-likeness (QED) is 0.287. The number of anilines is 1. The number of halogens is 4. The fourth-order valence-electron chi connectivity index (χ4n) is 3.85. The first-order valence-electron chi connectivity index (χ1n) is 10.2. The van der Waals surface area contributed by atoms with Crippen LogP contribution in [0.5, 0.6) is 5.75 Å². The summed E-state index contributed by atoms with van der Waals surface area (Å²) in [4.78, 5) is 46.1. The van der Waals surface area contributed by atoms with E-state index < -0.39 is 51.2 Å². The van der Waals surface area contributed by atoms with Gasteiger partial charge in [0.25, 0.3) is 5.69 Å². The maximum absolute atomic E-state index is 15.3. The predicted octanol–water partition coefficient (Wildman–Crippen LogP) is 4.26. The second-order valence-corrected chi connectivity index (χ2v) is 7.92. The number of amides is 1. The number of hydrogen-bond donors (Lipinski definition) is 2. The molecule has 188 valence electrons. The summed E-state index contributed by atoms with van der Waals surface area (Å²) >= 11 is 0. The standard InChI is InChI=1S/C22H15F4N3O7/c1-36-19-16(9-2-5-14(15(6-9)29(34)35)27-21(33)22(24,25)26)13(23)7-11-17(19)28(10-3-4-10)8-12(18(11)30)20(31)32/h2,5-8,10H,3-4H2,1H3,(H,27,33)(H,31,32). The van der Waals surface area contributed by atoms with E-state index in [4.69, 9.17) is 4.74 Å². The van der Waals surface area contributed by atoms with E-state index >= 15 is 4.39 Å². The molecule has 1 aromatic heterocycles. The highest BCUT2D eigenvalue weighted by molar-refractivity contribution is 5.99. The minimum atomic E-state index is -5.30. The van der Waals surface area contributed by atoms with Gasteiger partial charge in [-0.3, -0.25) is 19.7 Å². The van der Waals surface area contributed by atoms with Crippen LogP contribution in [0.25, 0.3) is 22.0 Å². The van der Waals surface area contributed by atoms with E-state index in [1.807, 2.05) is 0 Å². The number of nitrogens with one attached hydrogen (secondary N) is 1. The number of alkyl halides is 3.